The lowest BCUT2D eigenvalue weighted by molar-refractivity contribution is -0.147. The molecular weight excluding hydrogens is 260 g/mol. The number of thioether (sulfide) groups is 1. The fourth-order valence-corrected chi connectivity index (χ4v) is 2.23. The van der Waals surface area contributed by atoms with Gasteiger partial charge in [-0.1, -0.05) is 0 Å². The van der Waals surface area contributed by atoms with E-state index in [0.717, 1.165) is 0 Å². The van der Waals surface area contributed by atoms with Crippen molar-refractivity contribution in [2.24, 2.45) is 5.73 Å². The summed E-state index contributed by atoms with van der Waals surface area (Å²) in [5, 5.41) is 11.6. The largest absolute Gasteiger partial charge is 0.479 e. The van der Waals surface area contributed by atoms with Crippen molar-refractivity contribution in [3.05, 3.63) is 0 Å². The molecule has 2 amide bonds. The Morgan fingerprint density at radius 2 is 2.17 bits per heavy atom. The van der Waals surface area contributed by atoms with Crippen LogP contribution in [-0.4, -0.2) is 53.1 Å². The van der Waals surface area contributed by atoms with Crippen molar-refractivity contribution in [3.8, 4) is 0 Å². The fraction of sp³-hybridized carbons (Fsp3) is 0.700. The Morgan fingerprint density at radius 1 is 1.44 bits per heavy atom. The number of nitrogens with two attached hydrogens (primary N) is 1. The molecule has 0 aromatic carbocycles. The first-order valence-corrected chi connectivity index (χ1v) is 6.60. The number of nitrogens with one attached hydrogen (secondary N) is 1. The van der Waals surface area contributed by atoms with Crippen molar-refractivity contribution in [2.45, 2.75) is 18.4 Å². The molecule has 0 aromatic heterocycles. The summed E-state index contributed by atoms with van der Waals surface area (Å²) in [4.78, 5) is 33.2. The first kappa shape index (κ1) is 14.8. The molecule has 0 spiro atoms. The lowest BCUT2D eigenvalue weighted by Crippen LogP contribution is -2.55. The Morgan fingerprint density at radius 3 is 2.67 bits per heavy atom. The van der Waals surface area contributed by atoms with Crippen LogP contribution in [0.15, 0.2) is 0 Å². The Hall–Kier alpha value is -1.28. The Balaban J connectivity index is 2.34. The summed E-state index contributed by atoms with van der Waals surface area (Å²) in [6, 6.07) is 0. The smallest absolute Gasteiger partial charge is 0.331 e. The van der Waals surface area contributed by atoms with Gasteiger partial charge in [-0.25, -0.2) is 4.79 Å². The minimum atomic E-state index is -1.30. The van der Waals surface area contributed by atoms with Crippen molar-refractivity contribution >= 4 is 29.5 Å². The van der Waals surface area contributed by atoms with E-state index in [1.54, 1.807) is 0 Å². The monoisotopic (exact) mass is 276 g/mol. The summed E-state index contributed by atoms with van der Waals surface area (Å²) < 4.78 is 5.02. The molecule has 1 fully saturated rings. The van der Waals surface area contributed by atoms with Crippen LogP contribution >= 0.6 is 11.8 Å². The van der Waals surface area contributed by atoms with Gasteiger partial charge in [0, 0.05) is 25.2 Å². The van der Waals surface area contributed by atoms with Gasteiger partial charge in [0.25, 0.3) is 0 Å². The van der Waals surface area contributed by atoms with Gasteiger partial charge in [-0.15, -0.1) is 0 Å². The SMILES string of the molecule is NC(=O)CSCCC(=O)NC1(C(=O)O)CCOC1. The van der Waals surface area contributed by atoms with E-state index in [2.05, 4.69) is 5.32 Å². The van der Waals surface area contributed by atoms with Crippen LogP contribution in [0.25, 0.3) is 0 Å². The lowest BCUT2D eigenvalue weighted by atomic mass is 9.99. The van der Waals surface area contributed by atoms with Crippen LogP contribution in [0.5, 0.6) is 0 Å². The molecule has 1 unspecified atom stereocenters. The topological polar surface area (TPSA) is 119 Å². The molecule has 1 rings (SSSR count). The minimum Gasteiger partial charge on any atom is -0.479 e. The number of carbonyl (C=O) groups excluding carboxylic acids is 2. The second-order valence-corrected chi connectivity index (χ2v) is 5.11. The molecule has 7 nitrogen and oxygen atoms in total. The molecule has 0 bridgehead atoms. The van der Waals surface area contributed by atoms with Crippen LogP contribution in [0, 0.1) is 0 Å². The van der Waals surface area contributed by atoms with Gasteiger partial charge >= 0.3 is 5.97 Å². The van der Waals surface area contributed by atoms with Crippen LogP contribution in [-0.2, 0) is 19.1 Å². The van der Waals surface area contributed by atoms with Gasteiger partial charge in [0.2, 0.25) is 11.8 Å². The third-order valence-electron chi connectivity index (χ3n) is 2.53. The third-order valence-corrected chi connectivity index (χ3v) is 3.51. The molecular formula is C10H16N2O5S. The number of hydrogen-bond donors (Lipinski definition) is 3. The van der Waals surface area contributed by atoms with E-state index in [4.69, 9.17) is 15.6 Å². The molecule has 102 valence electrons. The Labute approximate surface area is 108 Å². The summed E-state index contributed by atoms with van der Waals surface area (Å²) in [6.45, 7) is 0.311. The van der Waals surface area contributed by atoms with Gasteiger partial charge < -0.3 is 20.9 Å². The van der Waals surface area contributed by atoms with Gasteiger partial charge in [0.1, 0.15) is 0 Å². The quantitative estimate of drug-likeness (QED) is 0.511. The zero-order chi connectivity index (χ0) is 13.6. The third kappa shape index (κ3) is 4.19. The average Bonchev–Trinajstić information content (AvgIpc) is 2.74. The van der Waals surface area contributed by atoms with Gasteiger partial charge in [0.15, 0.2) is 5.54 Å². The molecule has 1 aliphatic rings. The zero-order valence-corrected chi connectivity index (χ0v) is 10.6. The van der Waals surface area contributed by atoms with Gasteiger partial charge in [0.05, 0.1) is 12.4 Å². The highest BCUT2D eigenvalue weighted by Gasteiger charge is 2.43. The van der Waals surface area contributed by atoms with Crippen LogP contribution in [0.1, 0.15) is 12.8 Å². The summed E-state index contributed by atoms with van der Waals surface area (Å²) in [6.07, 6.45) is 0.412. The van der Waals surface area contributed by atoms with Crippen LogP contribution in [0.4, 0.5) is 0 Å². The highest BCUT2D eigenvalue weighted by molar-refractivity contribution is 7.99. The van der Waals surface area contributed by atoms with E-state index >= 15 is 0 Å². The molecule has 0 saturated carbocycles. The number of aliphatic carboxylic acids is 1. The van der Waals surface area contributed by atoms with E-state index in [9.17, 15) is 14.4 Å². The predicted octanol–water partition coefficient (Wildman–Crippen LogP) is -1.05. The van der Waals surface area contributed by atoms with Gasteiger partial charge in [-0.2, -0.15) is 11.8 Å². The normalized spacial score (nSPS) is 22.7. The van der Waals surface area contributed by atoms with E-state index in [-0.39, 0.29) is 31.1 Å². The van der Waals surface area contributed by atoms with Crippen molar-refractivity contribution in [1.82, 2.24) is 5.32 Å². The molecule has 1 heterocycles. The summed E-state index contributed by atoms with van der Waals surface area (Å²) in [5.74, 6) is -1.31. The van der Waals surface area contributed by atoms with Crippen molar-refractivity contribution in [3.63, 3.8) is 0 Å². The molecule has 1 saturated heterocycles. The molecule has 1 atom stereocenters. The molecule has 0 aromatic rings. The fourth-order valence-electron chi connectivity index (χ4n) is 1.55. The first-order valence-electron chi connectivity index (χ1n) is 5.44. The predicted molar refractivity (Wildman–Crippen MR) is 65.1 cm³/mol. The van der Waals surface area contributed by atoms with Crippen molar-refractivity contribution < 1.29 is 24.2 Å². The highest BCUT2D eigenvalue weighted by atomic mass is 32.2. The number of hydrogen-bond acceptors (Lipinski definition) is 5. The summed E-state index contributed by atoms with van der Waals surface area (Å²) >= 11 is 1.24. The maximum absolute atomic E-state index is 11.6. The van der Waals surface area contributed by atoms with E-state index in [1.165, 1.54) is 11.8 Å². The van der Waals surface area contributed by atoms with Crippen molar-refractivity contribution in [2.75, 3.05) is 24.7 Å². The van der Waals surface area contributed by atoms with E-state index in [0.29, 0.717) is 12.4 Å². The van der Waals surface area contributed by atoms with Gasteiger partial charge in [-0.05, 0) is 0 Å². The molecule has 0 aliphatic carbocycles. The molecule has 18 heavy (non-hydrogen) atoms. The number of ether oxygens (including phenoxy) is 1. The van der Waals surface area contributed by atoms with E-state index in [1.807, 2.05) is 0 Å². The second kappa shape index (κ2) is 6.60. The molecule has 1 aliphatic heterocycles. The van der Waals surface area contributed by atoms with Crippen LogP contribution < -0.4 is 11.1 Å². The molecule has 0 radical (unpaired) electrons. The number of carboxylic acids is 1. The van der Waals surface area contributed by atoms with Gasteiger partial charge in [-0.3, -0.25) is 9.59 Å². The number of amides is 2. The highest BCUT2D eigenvalue weighted by Crippen LogP contribution is 2.19. The minimum absolute atomic E-state index is 0.0114. The Kier molecular flexibility index (Phi) is 5.42. The maximum atomic E-state index is 11.6. The second-order valence-electron chi connectivity index (χ2n) is 4.01. The summed E-state index contributed by atoms with van der Waals surface area (Å²) in [5.41, 5.74) is 3.65. The molecule has 4 N–H and O–H groups in total. The number of rotatable bonds is 7. The average molecular weight is 276 g/mol. The first-order chi connectivity index (χ1) is 8.46. The lowest BCUT2D eigenvalue weighted by Gasteiger charge is -2.23. The Bertz CT molecular complexity index is 341. The van der Waals surface area contributed by atoms with Crippen LogP contribution in [0.2, 0.25) is 0 Å². The number of carboxylic acid groups (broad SMARTS) is 1. The zero-order valence-electron chi connectivity index (χ0n) is 9.81. The number of primary amides is 1. The molecule has 8 heteroatoms. The van der Waals surface area contributed by atoms with Crippen molar-refractivity contribution in [1.29, 1.82) is 0 Å². The van der Waals surface area contributed by atoms with E-state index < -0.39 is 17.4 Å². The standard InChI is InChI=1S/C10H16N2O5S/c11-7(13)5-18-4-1-8(14)12-10(9(15)16)2-3-17-6-10/h1-6H2,(H2,11,13)(H,12,14)(H,15,16). The summed E-state index contributed by atoms with van der Waals surface area (Å²) in [7, 11) is 0. The van der Waals surface area contributed by atoms with Crippen LogP contribution in [0.3, 0.4) is 0 Å². The maximum Gasteiger partial charge on any atom is 0.331 e. The number of carbonyl (C=O) groups is 3.